The molecule has 0 amide bonds. The zero-order valence-corrected chi connectivity index (χ0v) is 9.03. The average Bonchev–Trinajstić information content (AvgIpc) is 2.73. The van der Waals surface area contributed by atoms with E-state index in [2.05, 4.69) is 11.6 Å². The van der Waals surface area contributed by atoms with Crippen LogP contribution >= 0.6 is 0 Å². The summed E-state index contributed by atoms with van der Waals surface area (Å²) in [6, 6.07) is 0. The van der Waals surface area contributed by atoms with Crippen LogP contribution in [0.5, 0.6) is 0 Å². The van der Waals surface area contributed by atoms with E-state index in [1.807, 2.05) is 39.0 Å². The van der Waals surface area contributed by atoms with E-state index < -0.39 is 0 Å². The third-order valence-corrected chi connectivity index (χ3v) is 1.36. The lowest BCUT2D eigenvalue weighted by Crippen LogP contribution is -1.74. The Morgan fingerprint density at radius 1 is 1.50 bits per heavy atom. The minimum atomic E-state index is 0.757. The highest BCUT2D eigenvalue weighted by Gasteiger charge is 1.98. The summed E-state index contributed by atoms with van der Waals surface area (Å²) < 4.78 is 5.12. The van der Waals surface area contributed by atoms with Gasteiger partial charge in [-0.15, -0.1) is 0 Å². The van der Waals surface area contributed by atoms with E-state index in [1.54, 1.807) is 12.3 Å². The molecule has 0 spiro atoms. The number of hydrogen-bond acceptors (Lipinski definition) is 2. The van der Waals surface area contributed by atoms with Crippen molar-refractivity contribution in [2.45, 2.75) is 20.8 Å². The fourth-order valence-corrected chi connectivity index (χ4v) is 0.885. The van der Waals surface area contributed by atoms with Gasteiger partial charge in [0.25, 0.3) is 0 Å². The summed E-state index contributed by atoms with van der Waals surface area (Å²) in [6.45, 7) is 9.57. The van der Waals surface area contributed by atoms with Crippen molar-refractivity contribution in [2.24, 2.45) is 0 Å². The van der Waals surface area contributed by atoms with Gasteiger partial charge in [-0.3, -0.25) is 0 Å². The molecule has 1 aromatic heterocycles. The second kappa shape index (κ2) is 8.05. The van der Waals surface area contributed by atoms with Crippen molar-refractivity contribution in [2.75, 3.05) is 0 Å². The van der Waals surface area contributed by atoms with Crippen molar-refractivity contribution in [3.63, 3.8) is 0 Å². The van der Waals surface area contributed by atoms with E-state index in [9.17, 15) is 0 Å². The zero-order valence-electron chi connectivity index (χ0n) is 9.03. The standard InChI is InChI=1S/C10H11NO.C2H6/c1-3-5-9(6-4-2)10-7-11-8-12-10;1-2/h3-8H,1H2,2H3;1-2H3/b6-4-,9-5+;. The molecule has 0 fully saturated rings. The van der Waals surface area contributed by atoms with Crippen LogP contribution in [0.1, 0.15) is 26.5 Å². The van der Waals surface area contributed by atoms with Crippen LogP contribution in [0.15, 0.2) is 47.9 Å². The van der Waals surface area contributed by atoms with Crippen molar-refractivity contribution in [3.8, 4) is 0 Å². The van der Waals surface area contributed by atoms with E-state index in [-0.39, 0.29) is 0 Å². The highest BCUT2D eigenvalue weighted by molar-refractivity contribution is 5.71. The lowest BCUT2D eigenvalue weighted by Gasteiger charge is -1.92. The maximum Gasteiger partial charge on any atom is 0.181 e. The van der Waals surface area contributed by atoms with E-state index in [1.165, 1.54) is 6.39 Å². The van der Waals surface area contributed by atoms with Crippen LogP contribution in [0.3, 0.4) is 0 Å². The van der Waals surface area contributed by atoms with Gasteiger partial charge >= 0.3 is 0 Å². The molecular formula is C12H17NO. The number of oxazole rings is 1. The summed E-state index contributed by atoms with van der Waals surface area (Å²) in [5, 5.41) is 0. The van der Waals surface area contributed by atoms with Gasteiger partial charge in [-0.25, -0.2) is 4.98 Å². The van der Waals surface area contributed by atoms with E-state index in [0.717, 1.165) is 11.3 Å². The molecule has 1 aromatic rings. The zero-order chi connectivity index (χ0) is 10.8. The Balaban J connectivity index is 0.000000791. The first kappa shape index (κ1) is 12.4. The van der Waals surface area contributed by atoms with Crippen molar-refractivity contribution >= 4 is 5.57 Å². The van der Waals surface area contributed by atoms with E-state index in [4.69, 9.17) is 4.42 Å². The Bertz CT molecular complexity index is 294. The summed E-state index contributed by atoms with van der Waals surface area (Å²) >= 11 is 0. The van der Waals surface area contributed by atoms with Crippen LogP contribution in [0.25, 0.3) is 5.57 Å². The van der Waals surface area contributed by atoms with Crippen molar-refractivity contribution in [3.05, 3.63) is 49.2 Å². The lowest BCUT2D eigenvalue weighted by molar-refractivity contribution is 0.545. The first-order valence-electron chi connectivity index (χ1n) is 4.72. The quantitative estimate of drug-likeness (QED) is 0.678. The molecule has 2 heteroatoms. The number of hydrogen-bond donors (Lipinski definition) is 0. The molecule has 1 rings (SSSR count). The van der Waals surface area contributed by atoms with Gasteiger partial charge in [0.15, 0.2) is 12.2 Å². The smallest absolute Gasteiger partial charge is 0.181 e. The van der Waals surface area contributed by atoms with Crippen molar-refractivity contribution < 1.29 is 4.42 Å². The summed E-state index contributed by atoms with van der Waals surface area (Å²) in [6.07, 6.45) is 10.6. The van der Waals surface area contributed by atoms with Gasteiger partial charge in [-0.05, 0) is 6.92 Å². The summed E-state index contributed by atoms with van der Waals surface area (Å²) in [5.74, 6) is 0.757. The average molecular weight is 191 g/mol. The van der Waals surface area contributed by atoms with Gasteiger partial charge in [0.2, 0.25) is 0 Å². The fourth-order valence-electron chi connectivity index (χ4n) is 0.885. The minimum absolute atomic E-state index is 0.757. The Morgan fingerprint density at radius 2 is 2.21 bits per heavy atom. The third-order valence-electron chi connectivity index (χ3n) is 1.36. The number of aromatic nitrogens is 1. The molecule has 0 saturated heterocycles. The Morgan fingerprint density at radius 3 is 2.64 bits per heavy atom. The lowest BCUT2D eigenvalue weighted by atomic mass is 10.2. The van der Waals surface area contributed by atoms with Gasteiger partial charge in [0.05, 0.1) is 6.20 Å². The third kappa shape index (κ3) is 3.90. The molecule has 0 saturated carbocycles. The molecule has 0 aliphatic heterocycles. The maximum absolute atomic E-state index is 5.12. The van der Waals surface area contributed by atoms with Crippen molar-refractivity contribution in [1.29, 1.82) is 0 Å². The molecule has 0 aliphatic carbocycles. The highest BCUT2D eigenvalue weighted by atomic mass is 16.3. The van der Waals surface area contributed by atoms with Gasteiger partial charge in [-0.1, -0.05) is 44.7 Å². The van der Waals surface area contributed by atoms with Crippen molar-refractivity contribution in [1.82, 2.24) is 4.98 Å². The second-order valence-electron chi connectivity index (χ2n) is 2.22. The molecule has 0 unspecified atom stereocenters. The maximum atomic E-state index is 5.12. The van der Waals surface area contributed by atoms with Crippen LogP contribution < -0.4 is 0 Å². The SMILES string of the molecule is C=C/C=C(\C=C/C)c1cnco1.CC. The molecule has 0 atom stereocenters. The first-order chi connectivity index (χ1) is 6.88. The predicted molar refractivity (Wildman–Crippen MR) is 60.8 cm³/mol. The first-order valence-corrected chi connectivity index (χ1v) is 4.72. The fraction of sp³-hybridized carbons (Fsp3) is 0.250. The summed E-state index contributed by atoms with van der Waals surface area (Å²) in [5.41, 5.74) is 0.977. The van der Waals surface area contributed by atoms with Crippen LogP contribution in [-0.4, -0.2) is 4.98 Å². The molecule has 0 radical (unpaired) electrons. The molecule has 1 heterocycles. The monoisotopic (exact) mass is 191 g/mol. The molecule has 0 aliphatic rings. The number of nitrogens with zero attached hydrogens (tertiary/aromatic N) is 1. The molecule has 0 bridgehead atoms. The number of rotatable bonds is 3. The van der Waals surface area contributed by atoms with Crippen LogP contribution in [0.2, 0.25) is 0 Å². The van der Waals surface area contributed by atoms with Gasteiger partial charge < -0.3 is 4.42 Å². The van der Waals surface area contributed by atoms with Gasteiger partial charge in [0.1, 0.15) is 0 Å². The minimum Gasteiger partial charge on any atom is -0.444 e. The highest BCUT2D eigenvalue weighted by Crippen LogP contribution is 2.14. The normalized spacial score (nSPS) is 10.9. The molecule has 14 heavy (non-hydrogen) atoms. The summed E-state index contributed by atoms with van der Waals surface area (Å²) in [7, 11) is 0. The Labute approximate surface area is 85.7 Å². The summed E-state index contributed by atoms with van der Waals surface area (Å²) in [4.78, 5) is 3.83. The van der Waals surface area contributed by atoms with Crippen LogP contribution in [-0.2, 0) is 0 Å². The van der Waals surface area contributed by atoms with Gasteiger partial charge in [0, 0.05) is 5.57 Å². The van der Waals surface area contributed by atoms with Gasteiger partial charge in [-0.2, -0.15) is 0 Å². The largest absolute Gasteiger partial charge is 0.444 e. The number of allylic oxidation sites excluding steroid dienone is 5. The van der Waals surface area contributed by atoms with E-state index in [0.29, 0.717) is 0 Å². The van der Waals surface area contributed by atoms with Crippen LogP contribution in [0.4, 0.5) is 0 Å². The Kier molecular flexibility index (Phi) is 7.15. The molecule has 0 N–H and O–H groups in total. The molecule has 2 nitrogen and oxygen atoms in total. The predicted octanol–water partition coefficient (Wildman–Crippen LogP) is 3.85. The Hall–Kier alpha value is -1.57. The van der Waals surface area contributed by atoms with E-state index >= 15 is 0 Å². The molecule has 0 aromatic carbocycles. The topological polar surface area (TPSA) is 26.0 Å². The molecule has 76 valence electrons. The van der Waals surface area contributed by atoms with Crippen LogP contribution in [0, 0.1) is 0 Å². The molecular weight excluding hydrogens is 174 g/mol. The second-order valence-corrected chi connectivity index (χ2v) is 2.22.